The minimum Gasteiger partial charge on any atom is -0.340 e. The van der Waals surface area contributed by atoms with Gasteiger partial charge in [-0.05, 0) is 25.2 Å². The molecular formula is C17H26N4O4S. The molecule has 1 aliphatic heterocycles. The van der Waals surface area contributed by atoms with Crippen LogP contribution in [0.15, 0.2) is 24.3 Å². The highest BCUT2D eigenvalue weighted by Gasteiger charge is 2.23. The normalized spacial score (nSPS) is 15.6. The molecule has 8 nitrogen and oxygen atoms in total. The average Bonchev–Trinajstić information content (AvgIpc) is 2.54. The Balaban J connectivity index is 2.09. The predicted octanol–water partition coefficient (Wildman–Crippen LogP) is 0.575. The number of sulfonamides is 1. The number of hydrogen-bond donors (Lipinski definition) is 1. The Hall–Kier alpha value is -2.13. The molecule has 0 aliphatic carbocycles. The van der Waals surface area contributed by atoms with Gasteiger partial charge in [-0.3, -0.25) is 13.9 Å². The first-order valence-corrected chi connectivity index (χ1v) is 10.3. The Morgan fingerprint density at radius 2 is 1.85 bits per heavy atom. The lowest BCUT2D eigenvalue weighted by molar-refractivity contribution is -0.132. The lowest BCUT2D eigenvalue weighted by atomic mass is 10.2. The van der Waals surface area contributed by atoms with E-state index in [4.69, 9.17) is 0 Å². The number of hydrogen-bond acceptors (Lipinski definition) is 5. The first kappa shape index (κ1) is 20.2. The smallest absolute Gasteiger partial charge is 0.232 e. The maximum atomic E-state index is 12.4. The molecule has 1 aliphatic rings. The van der Waals surface area contributed by atoms with E-state index < -0.39 is 10.0 Å². The van der Waals surface area contributed by atoms with Crippen LogP contribution in [0.3, 0.4) is 0 Å². The van der Waals surface area contributed by atoms with E-state index in [1.807, 2.05) is 7.05 Å². The van der Waals surface area contributed by atoms with Crippen molar-refractivity contribution in [2.75, 3.05) is 55.6 Å². The predicted molar refractivity (Wildman–Crippen MR) is 102 cm³/mol. The summed E-state index contributed by atoms with van der Waals surface area (Å²) < 4.78 is 25.6. The molecule has 0 saturated carbocycles. The van der Waals surface area contributed by atoms with Crippen LogP contribution in [0, 0.1) is 0 Å². The molecule has 0 atom stereocenters. The summed E-state index contributed by atoms with van der Waals surface area (Å²) in [5, 5.41) is 2.63. The van der Waals surface area contributed by atoms with Crippen LogP contribution >= 0.6 is 0 Å². The zero-order valence-electron chi connectivity index (χ0n) is 15.4. The van der Waals surface area contributed by atoms with Gasteiger partial charge in [0, 0.05) is 51.8 Å². The third kappa shape index (κ3) is 5.70. The van der Waals surface area contributed by atoms with E-state index >= 15 is 0 Å². The van der Waals surface area contributed by atoms with Gasteiger partial charge in [0.25, 0.3) is 0 Å². The molecule has 2 amide bonds. The fourth-order valence-corrected chi connectivity index (χ4v) is 3.76. The minimum absolute atomic E-state index is 0.0511. The number of nitrogens with one attached hydrogen (secondary N) is 1. The third-order valence-electron chi connectivity index (χ3n) is 4.24. The van der Waals surface area contributed by atoms with Gasteiger partial charge in [-0.2, -0.15) is 0 Å². The summed E-state index contributed by atoms with van der Waals surface area (Å²) in [7, 11) is -1.55. The van der Waals surface area contributed by atoms with Gasteiger partial charge in [0.1, 0.15) is 0 Å². The lowest BCUT2D eigenvalue weighted by Gasteiger charge is -2.33. The fourth-order valence-electron chi connectivity index (χ4n) is 2.84. The highest BCUT2D eigenvalue weighted by Crippen LogP contribution is 2.22. The van der Waals surface area contributed by atoms with Crippen molar-refractivity contribution in [2.45, 2.75) is 13.3 Å². The Morgan fingerprint density at radius 3 is 2.42 bits per heavy atom. The monoisotopic (exact) mass is 382 g/mol. The number of anilines is 2. The van der Waals surface area contributed by atoms with E-state index in [1.165, 1.54) is 11.2 Å². The molecule has 1 N–H and O–H groups in total. The summed E-state index contributed by atoms with van der Waals surface area (Å²) in [5.41, 5.74) is 0.930. The van der Waals surface area contributed by atoms with Gasteiger partial charge in [-0.15, -0.1) is 0 Å². The molecule has 0 spiro atoms. The molecule has 1 fully saturated rings. The number of likely N-dealkylation sites (N-methyl/N-ethyl adjacent to an activating group) is 1. The van der Waals surface area contributed by atoms with Gasteiger partial charge in [0.2, 0.25) is 21.8 Å². The molecular weight excluding hydrogens is 356 g/mol. The molecule has 144 valence electrons. The molecule has 1 aromatic rings. The highest BCUT2D eigenvalue weighted by atomic mass is 32.2. The van der Waals surface area contributed by atoms with Gasteiger partial charge in [0.15, 0.2) is 0 Å². The first-order chi connectivity index (χ1) is 12.2. The number of benzene rings is 1. The van der Waals surface area contributed by atoms with E-state index in [0.29, 0.717) is 24.5 Å². The van der Waals surface area contributed by atoms with Crippen molar-refractivity contribution in [1.82, 2.24) is 9.80 Å². The standard InChI is InChI=1S/C17H26N4O4S/c1-14(22)18-15-5-4-6-16(13-15)21(26(3,24)25)8-7-17(23)20-11-9-19(2)10-12-20/h4-6,13H,7-12H2,1-3H3,(H,18,22). The van der Waals surface area contributed by atoms with E-state index in [9.17, 15) is 18.0 Å². The number of piperazine rings is 1. The van der Waals surface area contributed by atoms with Gasteiger partial charge < -0.3 is 15.1 Å². The number of carbonyl (C=O) groups excluding carboxylic acids is 2. The zero-order valence-corrected chi connectivity index (χ0v) is 16.3. The first-order valence-electron chi connectivity index (χ1n) is 8.48. The van der Waals surface area contributed by atoms with Crippen LogP contribution in [-0.4, -0.2) is 76.1 Å². The second-order valence-electron chi connectivity index (χ2n) is 6.50. The second kappa shape index (κ2) is 8.50. The van der Waals surface area contributed by atoms with Crippen molar-refractivity contribution in [1.29, 1.82) is 0 Å². The van der Waals surface area contributed by atoms with Crippen LogP contribution in [0.1, 0.15) is 13.3 Å². The van der Waals surface area contributed by atoms with E-state index in [1.54, 1.807) is 29.2 Å². The Kier molecular flexibility index (Phi) is 6.60. The third-order valence-corrected chi connectivity index (χ3v) is 5.43. The summed E-state index contributed by atoms with van der Waals surface area (Å²) in [4.78, 5) is 27.5. The van der Waals surface area contributed by atoms with E-state index in [2.05, 4.69) is 10.2 Å². The van der Waals surface area contributed by atoms with Gasteiger partial charge in [-0.25, -0.2) is 8.42 Å². The quantitative estimate of drug-likeness (QED) is 0.777. The van der Waals surface area contributed by atoms with Crippen molar-refractivity contribution in [3.05, 3.63) is 24.3 Å². The molecule has 1 heterocycles. The molecule has 26 heavy (non-hydrogen) atoms. The Morgan fingerprint density at radius 1 is 1.19 bits per heavy atom. The van der Waals surface area contributed by atoms with E-state index in [-0.39, 0.29) is 24.8 Å². The molecule has 9 heteroatoms. The average molecular weight is 382 g/mol. The molecule has 0 unspecified atom stereocenters. The van der Waals surface area contributed by atoms with Crippen molar-refractivity contribution < 1.29 is 18.0 Å². The summed E-state index contributed by atoms with van der Waals surface area (Å²) in [6, 6.07) is 6.58. The zero-order chi connectivity index (χ0) is 19.3. The fraction of sp³-hybridized carbons (Fsp3) is 0.529. The Labute approximate surface area is 154 Å². The van der Waals surface area contributed by atoms with Crippen LogP contribution in [0.4, 0.5) is 11.4 Å². The molecule has 1 aromatic carbocycles. The number of rotatable bonds is 6. The maximum Gasteiger partial charge on any atom is 0.232 e. The number of nitrogens with zero attached hydrogens (tertiary/aromatic N) is 3. The molecule has 0 radical (unpaired) electrons. The number of carbonyl (C=O) groups is 2. The topological polar surface area (TPSA) is 90.0 Å². The summed E-state index contributed by atoms with van der Waals surface area (Å²) >= 11 is 0. The minimum atomic E-state index is -3.56. The van der Waals surface area contributed by atoms with Gasteiger partial charge in [-0.1, -0.05) is 6.07 Å². The molecule has 0 aromatic heterocycles. The van der Waals surface area contributed by atoms with Crippen LogP contribution in [0.2, 0.25) is 0 Å². The van der Waals surface area contributed by atoms with Crippen molar-refractivity contribution in [2.24, 2.45) is 0 Å². The number of amides is 2. The molecule has 2 rings (SSSR count). The van der Waals surface area contributed by atoms with Crippen LogP contribution in [0.25, 0.3) is 0 Å². The van der Waals surface area contributed by atoms with Crippen molar-refractivity contribution >= 4 is 33.2 Å². The maximum absolute atomic E-state index is 12.4. The lowest BCUT2D eigenvalue weighted by Crippen LogP contribution is -2.48. The van der Waals surface area contributed by atoms with Crippen LogP contribution < -0.4 is 9.62 Å². The summed E-state index contributed by atoms with van der Waals surface area (Å²) in [6.45, 7) is 4.41. The summed E-state index contributed by atoms with van der Waals surface area (Å²) in [5.74, 6) is -0.289. The molecule has 1 saturated heterocycles. The largest absolute Gasteiger partial charge is 0.340 e. The van der Waals surface area contributed by atoms with Crippen molar-refractivity contribution in [3.8, 4) is 0 Å². The second-order valence-corrected chi connectivity index (χ2v) is 8.41. The molecule has 0 bridgehead atoms. The summed E-state index contributed by atoms with van der Waals surface area (Å²) in [6.07, 6.45) is 1.22. The van der Waals surface area contributed by atoms with E-state index in [0.717, 1.165) is 19.3 Å². The van der Waals surface area contributed by atoms with Gasteiger partial charge >= 0.3 is 0 Å². The van der Waals surface area contributed by atoms with Crippen molar-refractivity contribution in [3.63, 3.8) is 0 Å². The van der Waals surface area contributed by atoms with Crippen LogP contribution in [-0.2, 0) is 19.6 Å². The highest BCUT2D eigenvalue weighted by molar-refractivity contribution is 7.92. The SMILES string of the molecule is CC(=O)Nc1cccc(N(CCC(=O)N2CCN(C)CC2)S(C)(=O)=O)c1. The Bertz CT molecular complexity index is 758. The van der Waals surface area contributed by atoms with Gasteiger partial charge in [0.05, 0.1) is 11.9 Å². The van der Waals surface area contributed by atoms with Crippen LogP contribution in [0.5, 0.6) is 0 Å².